The zero-order valence-corrected chi connectivity index (χ0v) is 10.8. The summed E-state index contributed by atoms with van der Waals surface area (Å²) in [4.78, 5) is 10.4. The molecular formula is C11H17NO4S. The lowest BCUT2D eigenvalue weighted by Gasteiger charge is -2.05. The molecule has 0 saturated carbocycles. The molecular weight excluding hydrogens is 242 g/mol. The van der Waals surface area contributed by atoms with Crippen LogP contribution in [0.15, 0.2) is 21.6 Å². The molecule has 5 nitrogen and oxygen atoms in total. The highest BCUT2D eigenvalue weighted by molar-refractivity contribution is 7.89. The molecule has 0 fully saturated rings. The van der Waals surface area contributed by atoms with Gasteiger partial charge in [-0.15, -0.1) is 0 Å². The Morgan fingerprint density at radius 1 is 1.41 bits per heavy atom. The SMILES string of the molecule is CC(C)CCCNS(=O)(=O)c1ccc(C=O)o1. The van der Waals surface area contributed by atoms with Gasteiger partial charge in [0.2, 0.25) is 5.09 Å². The van der Waals surface area contributed by atoms with Crippen molar-refractivity contribution in [3.05, 3.63) is 17.9 Å². The average molecular weight is 259 g/mol. The van der Waals surface area contributed by atoms with Gasteiger partial charge in [-0.2, -0.15) is 0 Å². The average Bonchev–Trinajstić information content (AvgIpc) is 2.73. The van der Waals surface area contributed by atoms with Crippen molar-refractivity contribution in [3.8, 4) is 0 Å². The van der Waals surface area contributed by atoms with Gasteiger partial charge in [0.15, 0.2) is 12.0 Å². The summed E-state index contributed by atoms with van der Waals surface area (Å²) < 4.78 is 30.7. The van der Waals surface area contributed by atoms with Gasteiger partial charge in [0.1, 0.15) is 0 Å². The molecule has 0 aliphatic heterocycles. The summed E-state index contributed by atoms with van der Waals surface area (Å²) >= 11 is 0. The van der Waals surface area contributed by atoms with Crippen LogP contribution in [-0.4, -0.2) is 21.2 Å². The van der Waals surface area contributed by atoms with E-state index in [1.807, 2.05) is 0 Å². The Morgan fingerprint density at radius 2 is 2.12 bits per heavy atom. The molecule has 1 heterocycles. The van der Waals surface area contributed by atoms with E-state index >= 15 is 0 Å². The number of sulfonamides is 1. The lowest BCUT2D eigenvalue weighted by molar-refractivity contribution is 0.109. The zero-order valence-electron chi connectivity index (χ0n) is 9.97. The van der Waals surface area contributed by atoms with E-state index in [9.17, 15) is 13.2 Å². The molecule has 1 aromatic heterocycles. The molecule has 1 N–H and O–H groups in total. The predicted octanol–water partition coefficient (Wildman–Crippen LogP) is 1.81. The minimum Gasteiger partial charge on any atom is -0.440 e. The summed E-state index contributed by atoms with van der Waals surface area (Å²) in [5, 5.41) is -0.218. The summed E-state index contributed by atoms with van der Waals surface area (Å²) in [6, 6.07) is 2.60. The Morgan fingerprint density at radius 3 is 2.65 bits per heavy atom. The largest absolute Gasteiger partial charge is 0.440 e. The number of hydrogen-bond acceptors (Lipinski definition) is 4. The summed E-state index contributed by atoms with van der Waals surface area (Å²) in [5.74, 6) is 0.553. The number of aldehydes is 1. The zero-order chi connectivity index (χ0) is 12.9. The van der Waals surface area contributed by atoms with Gasteiger partial charge < -0.3 is 4.42 Å². The quantitative estimate of drug-likeness (QED) is 0.598. The van der Waals surface area contributed by atoms with Crippen molar-refractivity contribution in [2.75, 3.05) is 6.54 Å². The first-order chi connectivity index (χ1) is 7.95. The van der Waals surface area contributed by atoms with E-state index in [1.54, 1.807) is 0 Å². The first-order valence-electron chi connectivity index (χ1n) is 5.50. The first-order valence-corrected chi connectivity index (χ1v) is 6.98. The summed E-state index contributed by atoms with van der Waals surface area (Å²) in [6.45, 7) is 4.53. The van der Waals surface area contributed by atoms with Crippen molar-refractivity contribution in [3.63, 3.8) is 0 Å². The summed E-state index contributed by atoms with van der Waals surface area (Å²) in [7, 11) is -3.62. The number of hydrogen-bond donors (Lipinski definition) is 1. The van der Waals surface area contributed by atoms with Gasteiger partial charge in [0.05, 0.1) is 0 Å². The number of furan rings is 1. The van der Waals surface area contributed by atoms with Gasteiger partial charge in [-0.1, -0.05) is 13.8 Å². The minimum absolute atomic E-state index is 0.00700. The number of rotatable bonds is 7. The molecule has 0 aliphatic carbocycles. The molecule has 0 radical (unpaired) electrons. The highest BCUT2D eigenvalue weighted by atomic mass is 32.2. The third-order valence-corrected chi connectivity index (χ3v) is 3.57. The van der Waals surface area contributed by atoms with E-state index in [2.05, 4.69) is 18.6 Å². The Kier molecular flexibility index (Phi) is 4.89. The summed E-state index contributed by atoms with van der Waals surface area (Å²) in [6.07, 6.45) is 2.20. The number of carbonyl (C=O) groups excluding carboxylic acids is 1. The van der Waals surface area contributed by atoms with Crippen molar-refractivity contribution in [1.82, 2.24) is 4.72 Å². The van der Waals surface area contributed by atoms with Crippen molar-refractivity contribution >= 4 is 16.3 Å². The lowest BCUT2D eigenvalue weighted by atomic mass is 10.1. The fraction of sp³-hybridized carbons (Fsp3) is 0.545. The van der Waals surface area contributed by atoms with E-state index in [0.29, 0.717) is 18.7 Å². The van der Waals surface area contributed by atoms with E-state index in [0.717, 1.165) is 12.8 Å². The Bertz CT molecular complexity index is 462. The second kappa shape index (κ2) is 5.97. The Labute approximate surface area is 101 Å². The minimum atomic E-state index is -3.62. The lowest BCUT2D eigenvalue weighted by Crippen LogP contribution is -2.24. The Balaban J connectivity index is 2.54. The van der Waals surface area contributed by atoms with Crippen LogP contribution in [0, 0.1) is 5.92 Å². The Hall–Kier alpha value is -1.14. The van der Waals surface area contributed by atoms with Gasteiger partial charge in [0, 0.05) is 6.54 Å². The van der Waals surface area contributed by atoms with Crippen LogP contribution >= 0.6 is 0 Å². The third-order valence-electron chi connectivity index (χ3n) is 2.23. The maximum absolute atomic E-state index is 11.7. The topological polar surface area (TPSA) is 76.4 Å². The third kappa shape index (κ3) is 4.32. The van der Waals surface area contributed by atoms with E-state index in [1.165, 1.54) is 12.1 Å². The fourth-order valence-electron chi connectivity index (χ4n) is 1.33. The van der Waals surface area contributed by atoms with Crippen molar-refractivity contribution in [2.45, 2.75) is 31.8 Å². The van der Waals surface area contributed by atoms with Crippen LogP contribution in [0.25, 0.3) is 0 Å². The molecule has 6 heteroatoms. The monoisotopic (exact) mass is 259 g/mol. The molecule has 96 valence electrons. The highest BCUT2D eigenvalue weighted by Gasteiger charge is 2.17. The molecule has 0 aromatic carbocycles. The van der Waals surface area contributed by atoms with Gasteiger partial charge in [-0.05, 0) is 30.9 Å². The van der Waals surface area contributed by atoms with Crippen LogP contribution < -0.4 is 4.72 Å². The molecule has 1 aromatic rings. The molecule has 0 amide bonds. The normalized spacial score (nSPS) is 11.9. The van der Waals surface area contributed by atoms with Gasteiger partial charge in [-0.3, -0.25) is 4.79 Å². The molecule has 17 heavy (non-hydrogen) atoms. The van der Waals surface area contributed by atoms with Crippen LogP contribution in [0.5, 0.6) is 0 Å². The number of carbonyl (C=O) groups is 1. The number of nitrogens with one attached hydrogen (secondary N) is 1. The van der Waals surface area contributed by atoms with Crippen LogP contribution in [0.1, 0.15) is 37.2 Å². The van der Waals surface area contributed by atoms with Crippen LogP contribution in [0.4, 0.5) is 0 Å². The van der Waals surface area contributed by atoms with E-state index in [-0.39, 0.29) is 10.9 Å². The summed E-state index contributed by atoms with van der Waals surface area (Å²) in [5.41, 5.74) is 0. The van der Waals surface area contributed by atoms with Crippen molar-refractivity contribution in [1.29, 1.82) is 0 Å². The van der Waals surface area contributed by atoms with Crippen molar-refractivity contribution < 1.29 is 17.6 Å². The van der Waals surface area contributed by atoms with Crippen LogP contribution in [-0.2, 0) is 10.0 Å². The standard InChI is InChI=1S/C11H17NO4S/c1-9(2)4-3-7-12-17(14,15)11-6-5-10(8-13)16-11/h5-6,8-9,12H,3-4,7H2,1-2H3. The van der Waals surface area contributed by atoms with Crippen molar-refractivity contribution in [2.24, 2.45) is 5.92 Å². The maximum atomic E-state index is 11.7. The molecule has 0 atom stereocenters. The molecule has 0 unspecified atom stereocenters. The smallest absolute Gasteiger partial charge is 0.273 e. The maximum Gasteiger partial charge on any atom is 0.273 e. The molecule has 0 bridgehead atoms. The molecule has 0 spiro atoms. The highest BCUT2D eigenvalue weighted by Crippen LogP contribution is 2.12. The van der Waals surface area contributed by atoms with Crippen LogP contribution in [0.3, 0.4) is 0 Å². The predicted molar refractivity (Wildman–Crippen MR) is 63.4 cm³/mol. The van der Waals surface area contributed by atoms with E-state index in [4.69, 9.17) is 4.42 Å². The first kappa shape index (κ1) is 13.9. The van der Waals surface area contributed by atoms with Crippen LogP contribution in [0.2, 0.25) is 0 Å². The molecule has 1 rings (SSSR count). The molecule has 0 saturated heterocycles. The fourth-order valence-corrected chi connectivity index (χ4v) is 2.34. The van der Waals surface area contributed by atoms with Gasteiger partial charge >= 0.3 is 0 Å². The van der Waals surface area contributed by atoms with Gasteiger partial charge in [-0.25, -0.2) is 13.1 Å². The second-order valence-electron chi connectivity index (χ2n) is 4.21. The second-order valence-corrected chi connectivity index (χ2v) is 5.91. The van der Waals surface area contributed by atoms with E-state index < -0.39 is 10.0 Å². The molecule has 0 aliphatic rings. The van der Waals surface area contributed by atoms with Gasteiger partial charge in [0.25, 0.3) is 10.0 Å².